The van der Waals surface area contributed by atoms with E-state index in [4.69, 9.17) is 4.98 Å². The molecule has 2 saturated heterocycles. The van der Waals surface area contributed by atoms with E-state index in [1.807, 2.05) is 12.3 Å². The van der Waals surface area contributed by atoms with Crippen LogP contribution in [0.2, 0.25) is 0 Å². The molecule has 2 fully saturated rings. The second kappa shape index (κ2) is 6.21. The molecule has 2 aromatic rings. The number of piperidine rings is 1. The molecule has 2 aromatic heterocycles. The van der Waals surface area contributed by atoms with Crippen molar-refractivity contribution < 1.29 is 0 Å². The van der Waals surface area contributed by atoms with Crippen LogP contribution in [0.3, 0.4) is 0 Å². The molecule has 2 unspecified atom stereocenters. The van der Waals surface area contributed by atoms with Gasteiger partial charge in [0.2, 0.25) is 0 Å². The Morgan fingerprint density at radius 2 is 2.09 bits per heavy atom. The molecule has 0 bridgehead atoms. The molecule has 5 nitrogen and oxygen atoms in total. The first-order chi connectivity index (χ1) is 11.2. The Morgan fingerprint density at radius 1 is 1.17 bits per heavy atom. The van der Waals surface area contributed by atoms with E-state index < -0.39 is 0 Å². The number of hydrogen-bond acceptors (Lipinski definition) is 4. The van der Waals surface area contributed by atoms with Gasteiger partial charge in [0.05, 0.1) is 0 Å². The monoisotopic (exact) mass is 313 g/mol. The lowest BCUT2D eigenvalue weighted by atomic mass is 10.0. The zero-order valence-electron chi connectivity index (χ0n) is 14.3. The van der Waals surface area contributed by atoms with Crippen LogP contribution in [0, 0.1) is 0 Å². The minimum Gasteiger partial charge on any atom is -0.311 e. The summed E-state index contributed by atoms with van der Waals surface area (Å²) in [6, 6.07) is 4.71. The smallest absolute Gasteiger partial charge is 0.160 e. The maximum Gasteiger partial charge on any atom is 0.160 e. The van der Waals surface area contributed by atoms with Crippen molar-refractivity contribution in [2.24, 2.45) is 0 Å². The number of imidazole rings is 1. The summed E-state index contributed by atoms with van der Waals surface area (Å²) in [6.07, 6.45) is 7.07. The fraction of sp³-hybridized carbons (Fsp3) is 0.667. The third-order valence-corrected chi connectivity index (χ3v) is 5.60. The van der Waals surface area contributed by atoms with Crippen LogP contribution in [0.4, 0.5) is 0 Å². The van der Waals surface area contributed by atoms with Crippen LogP contribution < -0.4 is 0 Å². The molecule has 0 aromatic carbocycles. The fourth-order valence-corrected chi connectivity index (χ4v) is 4.20. The summed E-state index contributed by atoms with van der Waals surface area (Å²) in [5.74, 6) is 1.80. The lowest BCUT2D eigenvalue weighted by molar-refractivity contribution is 0.167. The molecular weight excluding hydrogens is 286 g/mol. The van der Waals surface area contributed by atoms with E-state index in [1.54, 1.807) is 0 Å². The van der Waals surface area contributed by atoms with Gasteiger partial charge in [0.15, 0.2) is 5.65 Å². The number of likely N-dealkylation sites (tertiary alicyclic amines) is 2. The maximum atomic E-state index is 4.97. The average molecular weight is 313 g/mol. The van der Waals surface area contributed by atoms with Crippen LogP contribution in [-0.2, 0) is 6.54 Å². The average Bonchev–Trinajstić information content (AvgIpc) is 3.14. The van der Waals surface area contributed by atoms with Crippen molar-refractivity contribution in [3.05, 3.63) is 24.2 Å². The van der Waals surface area contributed by atoms with Crippen LogP contribution in [-0.4, -0.2) is 64.1 Å². The third kappa shape index (κ3) is 2.88. The standard InChI is InChI=1S/C18H27N5/c1-21-11-8-14(12-21)17-20-16-7-5-9-19-18(16)23(17)13-15-6-3-4-10-22(15)2/h5,7,9,14-15H,3-4,6,8,10-13H2,1-2H3. The molecule has 2 atom stereocenters. The van der Waals surface area contributed by atoms with Gasteiger partial charge in [0.25, 0.3) is 0 Å². The fourth-order valence-electron chi connectivity index (χ4n) is 4.20. The lowest BCUT2D eigenvalue weighted by Gasteiger charge is -2.33. The Balaban J connectivity index is 1.70. The normalized spacial score (nSPS) is 27.0. The molecule has 4 rings (SSSR count). The molecule has 0 amide bonds. The van der Waals surface area contributed by atoms with E-state index in [0.717, 1.165) is 24.3 Å². The predicted octanol–water partition coefficient (Wildman–Crippen LogP) is 2.33. The lowest BCUT2D eigenvalue weighted by Crippen LogP contribution is -2.39. The van der Waals surface area contributed by atoms with Gasteiger partial charge in [-0.3, -0.25) is 0 Å². The number of pyridine rings is 1. The summed E-state index contributed by atoms with van der Waals surface area (Å²) in [5, 5.41) is 0. The highest BCUT2D eigenvalue weighted by molar-refractivity contribution is 5.71. The quantitative estimate of drug-likeness (QED) is 0.871. The van der Waals surface area contributed by atoms with Crippen molar-refractivity contribution in [3.8, 4) is 0 Å². The first-order valence-corrected chi connectivity index (χ1v) is 8.92. The van der Waals surface area contributed by atoms with Gasteiger partial charge < -0.3 is 14.4 Å². The zero-order chi connectivity index (χ0) is 15.8. The molecular formula is C18H27N5. The molecule has 5 heteroatoms. The summed E-state index contributed by atoms with van der Waals surface area (Å²) in [5.41, 5.74) is 2.12. The van der Waals surface area contributed by atoms with E-state index in [-0.39, 0.29) is 0 Å². The van der Waals surface area contributed by atoms with Gasteiger partial charge in [-0.2, -0.15) is 0 Å². The second-order valence-electron chi connectivity index (χ2n) is 7.30. The van der Waals surface area contributed by atoms with Crippen LogP contribution in [0.5, 0.6) is 0 Å². The molecule has 23 heavy (non-hydrogen) atoms. The van der Waals surface area contributed by atoms with Gasteiger partial charge in [-0.15, -0.1) is 0 Å². The molecule has 0 spiro atoms. The molecule has 0 radical (unpaired) electrons. The van der Waals surface area contributed by atoms with Gasteiger partial charge >= 0.3 is 0 Å². The summed E-state index contributed by atoms with van der Waals surface area (Å²) in [7, 11) is 4.47. The van der Waals surface area contributed by atoms with E-state index >= 15 is 0 Å². The van der Waals surface area contributed by atoms with Crippen LogP contribution in [0.1, 0.15) is 37.4 Å². The van der Waals surface area contributed by atoms with Crippen LogP contribution in [0.15, 0.2) is 18.3 Å². The molecule has 2 aliphatic heterocycles. The van der Waals surface area contributed by atoms with Crippen molar-refractivity contribution in [2.75, 3.05) is 33.7 Å². The Kier molecular flexibility index (Phi) is 4.07. The predicted molar refractivity (Wildman–Crippen MR) is 92.7 cm³/mol. The molecule has 0 saturated carbocycles. The number of nitrogens with zero attached hydrogens (tertiary/aromatic N) is 5. The van der Waals surface area contributed by atoms with Gasteiger partial charge in [0.1, 0.15) is 11.3 Å². The van der Waals surface area contributed by atoms with E-state index in [9.17, 15) is 0 Å². The van der Waals surface area contributed by atoms with E-state index in [1.165, 1.54) is 44.6 Å². The summed E-state index contributed by atoms with van der Waals surface area (Å²) in [4.78, 5) is 14.6. The first kappa shape index (κ1) is 15.1. The SMILES string of the molecule is CN1CCC(c2nc3cccnc3n2CC2CCCCN2C)C1. The number of rotatable bonds is 3. The highest BCUT2D eigenvalue weighted by Gasteiger charge is 2.29. The molecule has 2 aliphatic rings. The number of hydrogen-bond donors (Lipinski definition) is 0. The topological polar surface area (TPSA) is 37.2 Å². The van der Waals surface area contributed by atoms with Gasteiger partial charge in [-0.05, 0) is 58.6 Å². The Labute approximate surface area is 138 Å². The largest absolute Gasteiger partial charge is 0.311 e. The molecule has 0 aliphatic carbocycles. The Bertz CT molecular complexity index is 679. The number of likely N-dealkylation sites (N-methyl/N-ethyl adjacent to an activating group) is 2. The number of aromatic nitrogens is 3. The van der Waals surface area contributed by atoms with Crippen molar-refractivity contribution in [3.63, 3.8) is 0 Å². The summed E-state index contributed by atoms with van der Waals surface area (Å²) >= 11 is 0. The number of fused-ring (bicyclic) bond motifs is 1. The van der Waals surface area contributed by atoms with Crippen LogP contribution >= 0.6 is 0 Å². The minimum atomic E-state index is 0.545. The molecule has 4 heterocycles. The summed E-state index contributed by atoms with van der Waals surface area (Å²) < 4.78 is 2.42. The van der Waals surface area contributed by atoms with Crippen molar-refractivity contribution >= 4 is 11.2 Å². The van der Waals surface area contributed by atoms with Gasteiger partial charge in [0, 0.05) is 31.2 Å². The van der Waals surface area contributed by atoms with Gasteiger partial charge in [-0.25, -0.2) is 9.97 Å². The first-order valence-electron chi connectivity index (χ1n) is 8.92. The minimum absolute atomic E-state index is 0.545. The van der Waals surface area contributed by atoms with Crippen LogP contribution in [0.25, 0.3) is 11.2 Å². The zero-order valence-corrected chi connectivity index (χ0v) is 14.3. The van der Waals surface area contributed by atoms with E-state index in [0.29, 0.717) is 12.0 Å². The maximum absolute atomic E-state index is 4.97. The highest BCUT2D eigenvalue weighted by atomic mass is 15.2. The second-order valence-corrected chi connectivity index (χ2v) is 7.30. The summed E-state index contributed by atoms with van der Waals surface area (Å²) in [6.45, 7) is 4.53. The molecule has 0 N–H and O–H groups in total. The van der Waals surface area contributed by atoms with Gasteiger partial charge in [-0.1, -0.05) is 6.42 Å². The van der Waals surface area contributed by atoms with Crippen molar-refractivity contribution in [1.82, 2.24) is 24.3 Å². The van der Waals surface area contributed by atoms with Crippen molar-refractivity contribution in [1.29, 1.82) is 0 Å². The van der Waals surface area contributed by atoms with E-state index in [2.05, 4.69) is 39.5 Å². The Morgan fingerprint density at radius 3 is 2.87 bits per heavy atom. The molecule has 124 valence electrons. The Hall–Kier alpha value is -1.46. The third-order valence-electron chi connectivity index (χ3n) is 5.60. The highest BCUT2D eigenvalue weighted by Crippen LogP contribution is 2.29. The van der Waals surface area contributed by atoms with Crippen molar-refractivity contribution in [2.45, 2.75) is 44.2 Å².